The van der Waals surface area contributed by atoms with Crippen molar-refractivity contribution in [2.75, 3.05) is 5.88 Å². The Labute approximate surface area is 77.0 Å². The molecule has 0 bridgehead atoms. The lowest BCUT2D eigenvalue weighted by atomic mass is 10.2. The molecule has 0 aromatic carbocycles. The molecule has 7 heteroatoms. The van der Waals surface area contributed by atoms with E-state index in [1.807, 2.05) is 5.32 Å². The van der Waals surface area contributed by atoms with Crippen molar-refractivity contribution in [3.05, 3.63) is 0 Å². The van der Waals surface area contributed by atoms with Crippen molar-refractivity contribution in [3.8, 4) is 0 Å². The fourth-order valence-electron chi connectivity index (χ4n) is 0.464. The Morgan fingerprint density at radius 3 is 2.23 bits per heavy atom. The summed E-state index contributed by atoms with van der Waals surface area (Å²) in [5.41, 5.74) is -0.691. The number of amides is 1. The molecule has 0 heterocycles. The van der Waals surface area contributed by atoms with Gasteiger partial charge in [-0.15, -0.1) is 0 Å². The molecule has 0 atom stereocenters. The second-order valence-electron chi connectivity index (χ2n) is 3.40. The van der Waals surface area contributed by atoms with Gasteiger partial charge in [0.15, 0.2) is 0 Å². The summed E-state index contributed by atoms with van der Waals surface area (Å²) >= 11 is 0. The third-order valence-electron chi connectivity index (χ3n) is 0.798. The van der Waals surface area contributed by atoms with E-state index in [0.717, 1.165) is 0 Å². The van der Waals surface area contributed by atoms with Crippen LogP contribution < -0.4 is 5.32 Å². The van der Waals surface area contributed by atoms with Gasteiger partial charge in [0.25, 0.3) is 10.1 Å². The first-order valence-corrected chi connectivity index (χ1v) is 5.13. The van der Waals surface area contributed by atoms with Crippen molar-refractivity contribution in [1.82, 2.24) is 5.32 Å². The summed E-state index contributed by atoms with van der Waals surface area (Å²) < 4.78 is 33.3. The largest absolute Gasteiger partial charge is 0.444 e. The van der Waals surface area contributed by atoms with Gasteiger partial charge in [0.2, 0.25) is 0 Å². The van der Waals surface area contributed by atoms with E-state index >= 15 is 0 Å². The lowest BCUT2D eigenvalue weighted by Gasteiger charge is -2.19. The van der Waals surface area contributed by atoms with Gasteiger partial charge in [-0.1, -0.05) is 0 Å². The molecule has 0 saturated heterocycles. The number of carbonyl (C=O) groups excluding carboxylic acids is 1. The monoisotopic (exact) mass is 211 g/mol. The van der Waals surface area contributed by atoms with Gasteiger partial charge in [0.1, 0.15) is 11.5 Å². The molecule has 0 aliphatic heterocycles. The molecular weight excluding hydrogens is 198 g/mol. The van der Waals surface area contributed by atoms with E-state index in [4.69, 9.17) is 9.29 Å². The van der Waals surface area contributed by atoms with Gasteiger partial charge in [-0.05, 0) is 20.8 Å². The predicted octanol–water partition coefficient (Wildman–Crippen LogP) is 0.356. The average molecular weight is 211 g/mol. The Balaban J connectivity index is 3.92. The summed E-state index contributed by atoms with van der Waals surface area (Å²) in [7, 11) is -4.19. The molecule has 0 fully saturated rings. The van der Waals surface area contributed by atoms with Crippen molar-refractivity contribution in [2.45, 2.75) is 26.4 Å². The normalized spacial score (nSPS) is 12.3. The molecule has 0 spiro atoms. The van der Waals surface area contributed by atoms with Gasteiger partial charge in [-0.25, -0.2) is 4.79 Å². The van der Waals surface area contributed by atoms with Crippen molar-refractivity contribution < 1.29 is 22.5 Å². The number of hydrogen-bond donors (Lipinski definition) is 2. The summed E-state index contributed by atoms with van der Waals surface area (Å²) in [6.07, 6.45) is -0.884. The summed E-state index contributed by atoms with van der Waals surface area (Å²) in [4.78, 5) is 10.8. The number of hydrogen-bond acceptors (Lipinski definition) is 4. The van der Waals surface area contributed by atoms with Crippen LogP contribution in [0.1, 0.15) is 20.8 Å². The lowest BCUT2D eigenvalue weighted by Crippen LogP contribution is -2.35. The molecule has 0 aliphatic carbocycles. The van der Waals surface area contributed by atoms with E-state index in [-0.39, 0.29) is 0 Å². The molecule has 2 N–H and O–H groups in total. The number of nitrogens with one attached hydrogen (secondary N) is 1. The summed E-state index contributed by atoms with van der Waals surface area (Å²) in [6, 6.07) is 0. The highest BCUT2D eigenvalue weighted by Crippen LogP contribution is 2.06. The van der Waals surface area contributed by atoms with Gasteiger partial charge in [-0.2, -0.15) is 8.42 Å². The summed E-state index contributed by atoms with van der Waals surface area (Å²) in [6.45, 7) is 4.92. The van der Waals surface area contributed by atoms with E-state index in [0.29, 0.717) is 0 Å². The molecule has 0 rings (SSSR count). The second-order valence-corrected chi connectivity index (χ2v) is 4.86. The lowest BCUT2D eigenvalue weighted by molar-refractivity contribution is 0.0535. The minimum atomic E-state index is -4.19. The van der Waals surface area contributed by atoms with Crippen molar-refractivity contribution in [2.24, 2.45) is 0 Å². The van der Waals surface area contributed by atoms with Crippen molar-refractivity contribution in [1.29, 1.82) is 0 Å². The van der Waals surface area contributed by atoms with Crippen LogP contribution >= 0.6 is 0 Å². The van der Waals surface area contributed by atoms with Crippen molar-refractivity contribution in [3.63, 3.8) is 0 Å². The molecule has 0 unspecified atom stereocenters. The van der Waals surface area contributed by atoms with Crippen LogP contribution in [-0.4, -0.2) is 30.5 Å². The molecule has 1 amide bonds. The van der Waals surface area contributed by atoms with Crippen LogP contribution in [0, 0.1) is 0 Å². The smallest absolute Gasteiger partial charge is 0.408 e. The highest BCUT2D eigenvalue weighted by atomic mass is 32.2. The predicted molar refractivity (Wildman–Crippen MR) is 45.8 cm³/mol. The first-order valence-electron chi connectivity index (χ1n) is 3.52. The van der Waals surface area contributed by atoms with Crippen LogP contribution in [0.25, 0.3) is 0 Å². The molecule has 0 aliphatic rings. The van der Waals surface area contributed by atoms with Crippen molar-refractivity contribution >= 4 is 16.2 Å². The minimum Gasteiger partial charge on any atom is -0.444 e. The Morgan fingerprint density at radius 1 is 1.46 bits per heavy atom. The standard InChI is InChI=1S/C6H13NO5S/c1-6(2,3)12-5(8)7-4-13(9,10)11/h4H2,1-3H3,(H,7,8)(H,9,10,11). The molecule has 0 aromatic rings. The third kappa shape index (κ3) is 9.09. The number of carbonyl (C=O) groups is 1. The molecule has 0 saturated carbocycles. The summed E-state index contributed by atoms with van der Waals surface area (Å²) in [5, 5.41) is 1.88. The third-order valence-corrected chi connectivity index (χ3v) is 1.31. The van der Waals surface area contributed by atoms with Gasteiger partial charge in [0.05, 0.1) is 0 Å². The van der Waals surface area contributed by atoms with Crippen LogP contribution in [-0.2, 0) is 14.9 Å². The summed E-state index contributed by atoms with van der Waals surface area (Å²) in [5.74, 6) is -0.845. The Morgan fingerprint density at radius 2 is 1.92 bits per heavy atom. The van der Waals surface area contributed by atoms with E-state index in [9.17, 15) is 13.2 Å². The van der Waals surface area contributed by atoms with Crippen LogP contribution in [0.15, 0.2) is 0 Å². The Hall–Kier alpha value is -0.820. The number of ether oxygens (including phenoxy) is 1. The SMILES string of the molecule is CC(C)(C)OC(=O)NCS(=O)(=O)O. The zero-order chi connectivity index (χ0) is 10.7. The first-order chi connectivity index (χ1) is 5.60. The fourth-order valence-corrected chi connectivity index (χ4v) is 0.765. The van der Waals surface area contributed by atoms with Crippen LogP contribution in [0.4, 0.5) is 4.79 Å². The maximum absolute atomic E-state index is 10.8. The maximum atomic E-state index is 10.8. The highest BCUT2D eigenvalue weighted by Gasteiger charge is 2.17. The van der Waals surface area contributed by atoms with Crippen LogP contribution in [0.3, 0.4) is 0 Å². The second kappa shape index (κ2) is 3.93. The molecule has 6 nitrogen and oxygen atoms in total. The van der Waals surface area contributed by atoms with Gasteiger partial charge in [0, 0.05) is 0 Å². The zero-order valence-electron chi connectivity index (χ0n) is 7.70. The van der Waals surface area contributed by atoms with E-state index in [2.05, 4.69) is 0 Å². The zero-order valence-corrected chi connectivity index (χ0v) is 8.51. The number of rotatable bonds is 2. The van der Waals surface area contributed by atoms with Gasteiger partial charge >= 0.3 is 6.09 Å². The van der Waals surface area contributed by atoms with E-state index in [1.54, 1.807) is 20.8 Å². The van der Waals surface area contributed by atoms with Crippen LogP contribution in [0.2, 0.25) is 0 Å². The Kier molecular flexibility index (Phi) is 3.68. The molecule has 0 aromatic heterocycles. The quantitative estimate of drug-likeness (QED) is 0.643. The number of alkyl carbamates (subject to hydrolysis) is 1. The highest BCUT2D eigenvalue weighted by molar-refractivity contribution is 7.85. The average Bonchev–Trinajstić information content (AvgIpc) is 1.78. The van der Waals surface area contributed by atoms with E-state index < -0.39 is 27.7 Å². The van der Waals surface area contributed by atoms with Gasteiger partial charge < -0.3 is 10.1 Å². The molecule has 0 radical (unpaired) electrons. The topological polar surface area (TPSA) is 92.7 Å². The molecule has 13 heavy (non-hydrogen) atoms. The molecule has 78 valence electrons. The maximum Gasteiger partial charge on any atom is 0.408 e. The Bertz CT molecular complexity index is 276. The fraction of sp³-hybridized carbons (Fsp3) is 0.833. The first kappa shape index (κ1) is 12.2. The van der Waals surface area contributed by atoms with Crippen LogP contribution in [0.5, 0.6) is 0 Å². The molecular formula is C6H13NO5S. The minimum absolute atomic E-state index is 0.691. The van der Waals surface area contributed by atoms with Gasteiger partial charge in [-0.3, -0.25) is 4.55 Å². The van der Waals surface area contributed by atoms with E-state index in [1.165, 1.54) is 0 Å².